The molecule has 0 saturated carbocycles. The molecular weight excluding hydrogens is 1100 g/mol. The van der Waals surface area contributed by atoms with Gasteiger partial charge in [-0.3, -0.25) is 9.44 Å². The zero-order valence-corrected chi connectivity index (χ0v) is 42.7. The Morgan fingerprint density at radius 1 is 0.577 bits per heavy atom. The number of halogens is 8. The summed E-state index contributed by atoms with van der Waals surface area (Å²) in [6.45, 7) is 1.77. The molecule has 4 saturated heterocycles. The van der Waals surface area contributed by atoms with Crippen molar-refractivity contribution < 1.29 is 89.4 Å². The van der Waals surface area contributed by atoms with Gasteiger partial charge in [-0.25, -0.2) is 8.78 Å². The Morgan fingerprint density at radius 3 is 1.35 bits per heavy atom. The fraction of sp³-hybridized carbons (Fsp3) is 0.375. The molecule has 4 fully saturated rings. The van der Waals surface area contributed by atoms with E-state index >= 15 is 8.78 Å². The minimum atomic E-state index is -4.88. The molecule has 0 spiro atoms. The maximum absolute atomic E-state index is 15.4. The summed E-state index contributed by atoms with van der Waals surface area (Å²) in [5.74, 6) is -1.58. The van der Waals surface area contributed by atoms with Crippen molar-refractivity contribution in [2.24, 2.45) is 0 Å². The van der Waals surface area contributed by atoms with E-state index in [1.165, 1.54) is 96.0 Å². The molecule has 6 aromatic rings. The Balaban J connectivity index is 0.000000190. The molecule has 4 atom stereocenters. The molecule has 4 aliphatic rings. The van der Waals surface area contributed by atoms with Gasteiger partial charge in [-0.15, -0.1) is 26.3 Å². The zero-order valence-electron chi connectivity index (χ0n) is 41.0. The van der Waals surface area contributed by atoms with E-state index in [4.69, 9.17) is 18.9 Å². The zero-order chi connectivity index (χ0) is 55.6. The molecule has 2 aromatic heterocycles. The van der Waals surface area contributed by atoms with Crippen LogP contribution in [0, 0.1) is 11.6 Å². The van der Waals surface area contributed by atoms with Gasteiger partial charge in [-0.05, 0) is 60.4 Å². The summed E-state index contributed by atoms with van der Waals surface area (Å²) >= 11 is 0. The Bertz CT molecular complexity index is 3060. The van der Waals surface area contributed by atoms with Gasteiger partial charge in [0.2, 0.25) is 0 Å². The van der Waals surface area contributed by atoms with Crippen molar-refractivity contribution in [1.82, 2.24) is 18.9 Å². The first-order chi connectivity index (χ1) is 37.1. The Labute approximate surface area is 440 Å². The Kier molecular flexibility index (Phi) is 16.2. The molecule has 0 bridgehead atoms. The quantitative estimate of drug-likeness (QED) is 0.0988. The highest BCUT2D eigenvalue weighted by Gasteiger charge is 2.44. The molecule has 0 aliphatic carbocycles. The number of alkyl halides is 6. The van der Waals surface area contributed by atoms with Gasteiger partial charge in [-0.1, -0.05) is 34.6 Å². The second-order valence-corrected chi connectivity index (χ2v) is 21.1. The third-order valence-electron chi connectivity index (χ3n) is 13.0. The molecule has 0 amide bonds. The van der Waals surface area contributed by atoms with Crippen molar-refractivity contribution in [1.29, 1.82) is 0 Å². The maximum Gasteiger partial charge on any atom is 0.573 e. The molecule has 20 nitrogen and oxygen atoms in total. The maximum atomic E-state index is 15.4. The number of benzene rings is 4. The van der Waals surface area contributed by atoms with Gasteiger partial charge in [-0.2, -0.15) is 25.4 Å². The molecule has 4 aromatic carbocycles. The van der Waals surface area contributed by atoms with Gasteiger partial charge in [0, 0.05) is 74.7 Å². The number of ether oxygens (including phenoxy) is 6. The van der Waals surface area contributed by atoms with E-state index in [1.807, 2.05) is 9.80 Å². The van der Waals surface area contributed by atoms with E-state index in [-0.39, 0.29) is 85.4 Å². The van der Waals surface area contributed by atoms with Gasteiger partial charge >= 0.3 is 33.1 Å². The van der Waals surface area contributed by atoms with Crippen LogP contribution in [-0.2, 0) is 29.9 Å². The number of nitrogens with zero attached hydrogens (tertiary/aromatic N) is 6. The van der Waals surface area contributed by atoms with E-state index in [9.17, 15) is 43.2 Å². The second kappa shape index (κ2) is 22.7. The lowest BCUT2D eigenvalue weighted by molar-refractivity contribution is -0.275. The van der Waals surface area contributed by atoms with Gasteiger partial charge in [0.1, 0.15) is 47.2 Å². The van der Waals surface area contributed by atoms with Crippen LogP contribution < -0.4 is 38.2 Å². The van der Waals surface area contributed by atoms with E-state index in [1.54, 1.807) is 0 Å². The molecular formula is C48H48F8N8O12S2. The fourth-order valence-electron chi connectivity index (χ4n) is 9.71. The lowest BCUT2D eigenvalue weighted by Gasteiger charge is -2.47. The van der Waals surface area contributed by atoms with Crippen LogP contribution in [-0.4, -0.2) is 139 Å². The lowest BCUT2D eigenvalue weighted by atomic mass is 9.97. The van der Waals surface area contributed by atoms with Crippen molar-refractivity contribution >= 4 is 43.4 Å². The van der Waals surface area contributed by atoms with Crippen LogP contribution in [0.3, 0.4) is 0 Å². The summed E-state index contributed by atoms with van der Waals surface area (Å²) in [7, 11) is -5.01. The van der Waals surface area contributed by atoms with Crippen molar-refractivity contribution in [2.75, 3.05) is 85.9 Å². The summed E-state index contributed by atoms with van der Waals surface area (Å²) in [4.78, 5) is 3.83. The minimum Gasteiger partial charge on any atom is -0.495 e. The molecule has 0 unspecified atom stereocenters. The number of rotatable bonds is 14. The first kappa shape index (κ1) is 55.6. The van der Waals surface area contributed by atoms with E-state index in [2.05, 4.69) is 38.3 Å². The van der Waals surface area contributed by atoms with E-state index in [0.29, 0.717) is 48.8 Å². The number of anilines is 4. The van der Waals surface area contributed by atoms with Gasteiger partial charge in [0.25, 0.3) is 0 Å². The number of morpholine rings is 2. The van der Waals surface area contributed by atoms with Crippen molar-refractivity contribution in [3.8, 4) is 45.3 Å². The van der Waals surface area contributed by atoms with Crippen LogP contribution in [0.25, 0.3) is 22.3 Å². The number of nitrogens with one attached hydrogen (secondary N) is 2. The Morgan fingerprint density at radius 2 is 0.987 bits per heavy atom. The third-order valence-corrected chi connectivity index (χ3v) is 16.0. The van der Waals surface area contributed by atoms with Gasteiger partial charge < -0.3 is 47.3 Å². The summed E-state index contributed by atoms with van der Waals surface area (Å²) in [5, 5.41) is 7.14. The fourth-order valence-corrected chi connectivity index (χ4v) is 12.1. The normalized spacial score (nSPS) is 20.4. The molecule has 10 rings (SSSR count). The summed E-state index contributed by atoms with van der Waals surface area (Å²) < 4.78 is 205. The molecule has 78 heavy (non-hydrogen) atoms. The van der Waals surface area contributed by atoms with Gasteiger partial charge in [0.15, 0.2) is 11.6 Å². The smallest absolute Gasteiger partial charge is 0.495 e. The van der Waals surface area contributed by atoms with Crippen molar-refractivity contribution in [2.45, 2.75) is 49.9 Å². The number of methoxy groups -OCH3 is 2. The minimum absolute atomic E-state index is 0.0351. The molecule has 6 heterocycles. The van der Waals surface area contributed by atoms with E-state index < -0.39 is 68.5 Å². The van der Waals surface area contributed by atoms with Crippen LogP contribution in [0.15, 0.2) is 107 Å². The van der Waals surface area contributed by atoms with Crippen LogP contribution in [0.4, 0.5) is 58.1 Å². The van der Waals surface area contributed by atoms with Gasteiger partial charge in [0.05, 0.1) is 63.1 Å². The topological polar surface area (TPSA) is 213 Å². The standard InChI is InChI=1S/2C24H24F4N4O6S/c2*1-35-21-12-17(15-3-2-4-16(11-15)38-24(26,27)28)18(25)13-20(21)32-8-10-36-22-14-31(7-5-19(22)32)39(33,34)30-23-6-9-37-29-23/h2*2-4,6,9,11-13,19,22H,5,7-8,10,14H2,1H3,(H,29,30)/t2*19-,22-/m10/s1. The summed E-state index contributed by atoms with van der Waals surface area (Å²) in [6.07, 6.45) is -7.52. The SMILES string of the molecule is COc1cc(-c2cccc(OC(F)(F)F)c2)c(F)cc1N1CCO[C@@H]2CN(S(=O)(=O)Nc3ccon3)CC[C@H]21.COc1cc(-c2cccc(OC(F)(F)F)c2)c(F)cc1N1CCO[C@H]2CN(S(=O)(=O)Nc3ccon3)CC[C@@H]21. The highest BCUT2D eigenvalue weighted by atomic mass is 32.2. The average molecular weight is 1150 g/mol. The summed E-state index contributed by atoms with van der Waals surface area (Å²) in [6, 6.07) is 17.6. The molecule has 30 heteroatoms. The first-order valence-corrected chi connectivity index (χ1v) is 26.6. The largest absolute Gasteiger partial charge is 0.573 e. The third kappa shape index (κ3) is 12.9. The second-order valence-electron chi connectivity index (χ2n) is 17.8. The van der Waals surface area contributed by atoms with Crippen LogP contribution in [0.2, 0.25) is 0 Å². The highest BCUT2D eigenvalue weighted by Crippen LogP contribution is 2.43. The van der Waals surface area contributed by atoms with E-state index in [0.717, 1.165) is 24.3 Å². The Hall–Kier alpha value is -7.12. The van der Waals surface area contributed by atoms with Crippen molar-refractivity contribution in [3.63, 3.8) is 0 Å². The van der Waals surface area contributed by atoms with Crippen LogP contribution in [0.1, 0.15) is 12.8 Å². The van der Waals surface area contributed by atoms with Crippen LogP contribution in [0.5, 0.6) is 23.0 Å². The molecule has 2 N–H and O–H groups in total. The highest BCUT2D eigenvalue weighted by molar-refractivity contribution is 7.90. The predicted octanol–water partition coefficient (Wildman–Crippen LogP) is 8.05. The number of aromatic nitrogens is 2. The number of hydrogen-bond donors (Lipinski definition) is 2. The molecule has 0 radical (unpaired) electrons. The average Bonchev–Trinajstić information content (AvgIpc) is 4.14. The molecule has 420 valence electrons. The number of fused-ring (bicyclic) bond motifs is 2. The number of hydrogen-bond acceptors (Lipinski definition) is 16. The molecule has 4 aliphatic heterocycles. The van der Waals surface area contributed by atoms with Crippen molar-refractivity contribution in [3.05, 3.63) is 109 Å². The predicted molar refractivity (Wildman–Crippen MR) is 262 cm³/mol. The first-order valence-electron chi connectivity index (χ1n) is 23.7. The summed E-state index contributed by atoms with van der Waals surface area (Å²) in [5.41, 5.74) is 1.28. The lowest BCUT2D eigenvalue weighted by Crippen LogP contribution is -2.60. The number of piperidine rings is 2. The monoisotopic (exact) mass is 1140 g/mol. The van der Waals surface area contributed by atoms with Crippen LogP contribution >= 0.6 is 0 Å².